The van der Waals surface area contributed by atoms with Gasteiger partial charge in [0.25, 0.3) is 0 Å². The number of rotatable bonds is 3. The van der Waals surface area contributed by atoms with E-state index in [1.807, 2.05) is 36.5 Å². The van der Waals surface area contributed by atoms with Gasteiger partial charge in [0.1, 0.15) is 0 Å². The van der Waals surface area contributed by atoms with Crippen LogP contribution in [0.25, 0.3) is 10.2 Å². The number of halogens is 1. The molecule has 0 radical (unpaired) electrons. The average molecular weight is 276 g/mol. The Balaban J connectivity index is 1.81. The SMILES string of the molecule is Clc1cccc2nc(NCc3cccnc3)sc12. The highest BCUT2D eigenvalue weighted by molar-refractivity contribution is 7.22. The summed E-state index contributed by atoms with van der Waals surface area (Å²) in [4.78, 5) is 8.57. The summed E-state index contributed by atoms with van der Waals surface area (Å²) in [5.74, 6) is 0. The molecule has 0 spiro atoms. The molecule has 3 nitrogen and oxygen atoms in total. The fourth-order valence-corrected chi connectivity index (χ4v) is 2.82. The molecular formula is C13H10ClN3S. The van der Waals surface area contributed by atoms with Gasteiger partial charge in [0.05, 0.1) is 15.2 Å². The van der Waals surface area contributed by atoms with Crippen molar-refractivity contribution in [2.75, 3.05) is 5.32 Å². The highest BCUT2D eigenvalue weighted by Crippen LogP contribution is 2.31. The summed E-state index contributed by atoms with van der Waals surface area (Å²) in [5, 5.41) is 4.91. The first kappa shape index (κ1) is 11.4. The van der Waals surface area contributed by atoms with Crippen LogP contribution in [0.15, 0.2) is 42.7 Å². The third kappa shape index (κ3) is 2.30. The number of hydrogen-bond donors (Lipinski definition) is 1. The molecule has 0 saturated carbocycles. The van der Waals surface area contributed by atoms with Crippen LogP contribution in [0.3, 0.4) is 0 Å². The lowest BCUT2D eigenvalue weighted by atomic mass is 10.3. The molecule has 1 N–H and O–H groups in total. The van der Waals surface area contributed by atoms with Crippen LogP contribution in [0, 0.1) is 0 Å². The predicted molar refractivity (Wildman–Crippen MR) is 76.2 cm³/mol. The molecule has 0 fully saturated rings. The van der Waals surface area contributed by atoms with E-state index in [9.17, 15) is 0 Å². The van der Waals surface area contributed by atoms with Gasteiger partial charge in [0.2, 0.25) is 0 Å². The summed E-state index contributed by atoms with van der Waals surface area (Å²) in [6.07, 6.45) is 3.61. The lowest BCUT2D eigenvalue weighted by Gasteiger charge is -2.00. The van der Waals surface area contributed by atoms with Crippen LogP contribution >= 0.6 is 22.9 Å². The van der Waals surface area contributed by atoms with E-state index in [0.29, 0.717) is 6.54 Å². The molecule has 0 aliphatic carbocycles. The first-order chi connectivity index (χ1) is 8.83. The fourth-order valence-electron chi connectivity index (χ4n) is 1.67. The zero-order valence-corrected chi connectivity index (χ0v) is 11.0. The zero-order chi connectivity index (χ0) is 12.4. The van der Waals surface area contributed by atoms with Crippen LogP contribution in [0.2, 0.25) is 5.02 Å². The van der Waals surface area contributed by atoms with E-state index < -0.39 is 0 Å². The maximum atomic E-state index is 6.12. The quantitative estimate of drug-likeness (QED) is 0.786. The third-order valence-electron chi connectivity index (χ3n) is 2.53. The topological polar surface area (TPSA) is 37.8 Å². The molecule has 90 valence electrons. The molecule has 2 heterocycles. The van der Waals surface area contributed by atoms with Gasteiger partial charge < -0.3 is 5.32 Å². The van der Waals surface area contributed by atoms with Gasteiger partial charge in [0.15, 0.2) is 5.13 Å². The van der Waals surface area contributed by atoms with Crippen molar-refractivity contribution < 1.29 is 0 Å². The van der Waals surface area contributed by atoms with Crippen LogP contribution in [0.5, 0.6) is 0 Å². The highest BCUT2D eigenvalue weighted by atomic mass is 35.5. The van der Waals surface area contributed by atoms with Gasteiger partial charge in [-0.1, -0.05) is 35.1 Å². The molecule has 0 amide bonds. The van der Waals surface area contributed by atoms with E-state index >= 15 is 0 Å². The van der Waals surface area contributed by atoms with Crippen molar-refractivity contribution in [2.45, 2.75) is 6.54 Å². The average Bonchev–Trinajstić information content (AvgIpc) is 2.82. The number of nitrogens with one attached hydrogen (secondary N) is 1. The maximum absolute atomic E-state index is 6.12. The monoisotopic (exact) mass is 275 g/mol. The van der Waals surface area contributed by atoms with Crippen LogP contribution in [0.4, 0.5) is 5.13 Å². The van der Waals surface area contributed by atoms with Crippen molar-refractivity contribution in [3.8, 4) is 0 Å². The molecule has 5 heteroatoms. The second-order valence-corrected chi connectivity index (χ2v) is 5.23. The minimum atomic E-state index is 0.714. The van der Waals surface area contributed by atoms with Gasteiger partial charge in [-0.25, -0.2) is 4.98 Å². The van der Waals surface area contributed by atoms with Gasteiger partial charge in [0, 0.05) is 18.9 Å². The second-order valence-electron chi connectivity index (χ2n) is 3.82. The van der Waals surface area contributed by atoms with Crippen molar-refractivity contribution in [3.63, 3.8) is 0 Å². The zero-order valence-electron chi connectivity index (χ0n) is 9.43. The predicted octanol–water partition coefficient (Wildman–Crippen LogP) is 3.96. The van der Waals surface area contributed by atoms with Gasteiger partial charge in [-0.05, 0) is 23.8 Å². The number of anilines is 1. The van der Waals surface area contributed by atoms with E-state index in [-0.39, 0.29) is 0 Å². The van der Waals surface area contributed by atoms with E-state index in [1.54, 1.807) is 17.5 Å². The Kier molecular flexibility index (Phi) is 3.13. The minimum absolute atomic E-state index is 0.714. The minimum Gasteiger partial charge on any atom is -0.357 e. The van der Waals surface area contributed by atoms with E-state index in [0.717, 1.165) is 25.9 Å². The number of hydrogen-bond acceptors (Lipinski definition) is 4. The molecule has 0 bridgehead atoms. The van der Waals surface area contributed by atoms with Crippen LogP contribution in [-0.2, 0) is 6.54 Å². The Morgan fingerprint density at radius 1 is 1.22 bits per heavy atom. The molecule has 0 atom stereocenters. The van der Waals surface area contributed by atoms with Gasteiger partial charge in [-0.3, -0.25) is 4.98 Å². The summed E-state index contributed by atoms with van der Waals surface area (Å²) in [6.45, 7) is 0.714. The number of pyridine rings is 1. The largest absolute Gasteiger partial charge is 0.357 e. The molecule has 1 aromatic carbocycles. The Morgan fingerprint density at radius 2 is 2.17 bits per heavy atom. The summed E-state index contributed by atoms with van der Waals surface area (Å²) in [5.41, 5.74) is 2.06. The molecule has 0 aliphatic rings. The summed E-state index contributed by atoms with van der Waals surface area (Å²) >= 11 is 7.69. The van der Waals surface area contributed by atoms with E-state index in [2.05, 4.69) is 15.3 Å². The molecule has 0 unspecified atom stereocenters. The van der Waals surface area contributed by atoms with Crippen molar-refractivity contribution in [1.29, 1.82) is 0 Å². The number of aromatic nitrogens is 2. The van der Waals surface area contributed by atoms with Crippen molar-refractivity contribution >= 4 is 38.3 Å². The molecule has 0 saturated heterocycles. The van der Waals surface area contributed by atoms with Crippen molar-refractivity contribution in [2.24, 2.45) is 0 Å². The fraction of sp³-hybridized carbons (Fsp3) is 0.0769. The Hall–Kier alpha value is -1.65. The number of thiazole rings is 1. The first-order valence-corrected chi connectivity index (χ1v) is 6.70. The molecule has 18 heavy (non-hydrogen) atoms. The molecular weight excluding hydrogens is 266 g/mol. The maximum Gasteiger partial charge on any atom is 0.184 e. The summed E-state index contributed by atoms with van der Waals surface area (Å²) < 4.78 is 1.02. The number of benzene rings is 1. The molecule has 3 rings (SSSR count). The molecule has 3 aromatic rings. The lowest BCUT2D eigenvalue weighted by Crippen LogP contribution is -1.98. The first-order valence-electron chi connectivity index (χ1n) is 5.51. The highest BCUT2D eigenvalue weighted by Gasteiger charge is 2.06. The van der Waals surface area contributed by atoms with E-state index in [4.69, 9.17) is 11.6 Å². The Bertz CT molecular complexity index is 666. The Morgan fingerprint density at radius 3 is 2.94 bits per heavy atom. The third-order valence-corrected chi connectivity index (χ3v) is 4.02. The van der Waals surface area contributed by atoms with Crippen LogP contribution in [0.1, 0.15) is 5.56 Å². The van der Waals surface area contributed by atoms with Crippen LogP contribution < -0.4 is 5.32 Å². The van der Waals surface area contributed by atoms with Gasteiger partial charge in [-0.15, -0.1) is 0 Å². The van der Waals surface area contributed by atoms with Gasteiger partial charge >= 0.3 is 0 Å². The summed E-state index contributed by atoms with van der Waals surface area (Å²) in [7, 11) is 0. The second kappa shape index (κ2) is 4.92. The summed E-state index contributed by atoms with van der Waals surface area (Å²) in [6, 6.07) is 9.71. The van der Waals surface area contributed by atoms with Crippen molar-refractivity contribution in [3.05, 3.63) is 53.3 Å². The van der Waals surface area contributed by atoms with Crippen LogP contribution in [-0.4, -0.2) is 9.97 Å². The standard InChI is InChI=1S/C13H10ClN3S/c14-10-4-1-5-11-12(10)18-13(17-11)16-8-9-3-2-6-15-7-9/h1-7H,8H2,(H,16,17). The lowest BCUT2D eigenvalue weighted by molar-refractivity contribution is 1.11. The molecule has 2 aromatic heterocycles. The van der Waals surface area contributed by atoms with Gasteiger partial charge in [-0.2, -0.15) is 0 Å². The Labute approximate surface area is 113 Å². The van der Waals surface area contributed by atoms with E-state index in [1.165, 1.54) is 0 Å². The normalized spacial score (nSPS) is 10.7. The molecule has 0 aliphatic heterocycles. The van der Waals surface area contributed by atoms with Crippen molar-refractivity contribution in [1.82, 2.24) is 9.97 Å². The number of fused-ring (bicyclic) bond motifs is 1. The number of nitrogens with zero attached hydrogens (tertiary/aromatic N) is 2. The smallest absolute Gasteiger partial charge is 0.184 e.